The SMILES string of the molecule is CSC1(CNC(=O)Cc2csc(N)n2)CCCC1. The van der Waals surface area contributed by atoms with Crippen LogP contribution in [-0.4, -0.2) is 28.4 Å². The average molecular weight is 285 g/mol. The van der Waals surface area contributed by atoms with Crippen molar-refractivity contribution in [3.8, 4) is 0 Å². The van der Waals surface area contributed by atoms with Gasteiger partial charge in [-0.2, -0.15) is 11.8 Å². The molecule has 3 N–H and O–H groups in total. The van der Waals surface area contributed by atoms with Crippen molar-refractivity contribution >= 4 is 34.1 Å². The summed E-state index contributed by atoms with van der Waals surface area (Å²) < 4.78 is 0.261. The van der Waals surface area contributed by atoms with E-state index in [0.717, 1.165) is 12.2 Å². The summed E-state index contributed by atoms with van der Waals surface area (Å²) in [5, 5.41) is 5.40. The highest BCUT2D eigenvalue weighted by molar-refractivity contribution is 8.00. The number of thiazole rings is 1. The van der Waals surface area contributed by atoms with Crippen molar-refractivity contribution < 1.29 is 4.79 Å². The Hall–Kier alpha value is -0.750. The van der Waals surface area contributed by atoms with Crippen molar-refractivity contribution in [3.05, 3.63) is 11.1 Å². The predicted molar refractivity (Wildman–Crippen MR) is 78.0 cm³/mol. The van der Waals surface area contributed by atoms with Gasteiger partial charge in [0.25, 0.3) is 0 Å². The summed E-state index contributed by atoms with van der Waals surface area (Å²) >= 11 is 3.26. The summed E-state index contributed by atoms with van der Waals surface area (Å²) in [5.74, 6) is 0.0422. The second-order valence-electron chi connectivity index (χ2n) is 4.72. The molecule has 0 unspecified atom stereocenters. The minimum absolute atomic E-state index is 0.0422. The van der Waals surface area contributed by atoms with E-state index in [1.54, 1.807) is 0 Å². The van der Waals surface area contributed by atoms with Gasteiger partial charge in [0.15, 0.2) is 5.13 Å². The lowest BCUT2D eigenvalue weighted by atomic mass is 10.1. The fraction of sp³-hybridized carbons (Fsp3) is 0.667. The monoisotopic (exact) mass is 285 g/mol. The molecule has 1 fully saturated rings. The molecule has 0 radical (unpaired) electrons. The molecule has 1 aliphatic rings. The van der Waals surface area contributed by atoms with Gasteiger partial charge in [-0.1, -0.05) is 12.8 Å². The zero-order chi connectivity index (χ0) is 13.0. The second kappa shape index (κ2) is 5.93. The third-order valence-corrected chi connectivity index (χ3v) is 5.61. The lowest BCUT2D eigenvalue weighted by molar-refractivity contribution is -0.120. The number of aromatic nitrogens is 1. The number of hydrogen-bond donors (Lipinski definition) is 2. The first-order valence-corrected chi connectivity index (χ1v) is 8.26. The van der Waals surface area contributed by atoms with Crippen LogP contribution in [0.1, 0.15) is 31.4 Å². The molecule has 4 nitrogen and oxygen atoms in total. The predicted octanol–water partition coefficient (Wildman–Crippen LogP) is 2.06. The van der Waals surface area contributed by atoms with E-state index >= 15 is 0 Å². The summed E-state index contributed by atoms with van der Waals surface area (Å²) in [6.07, 6.45) is 7.44. The number of amides is 1. The zero-order valence-electron chi connectivity index (χ0n) is 10.6. The normalized spacial score (nSPS) is 17.8. The highest BCUT2D eigenvalue weighted by Crippen LogP contribution is 2.39. The Morgan fingerprint density at radius 3 is 2.89 bits per heavy atom. The fourth-order valence-corrected chi connectivity index (χ4v) is 3.84. The first-order valence-electron chi connectivity index (χ1n) is 6.15. The molecule has 1 aromatic rings. The van der Waals surface area contributed by atoms with Crippen LogP contribution in [0.25, 0.3) is 0 Å². The van der Waals surface area contributed by atoms with Gasteiger partial charge in [0.05, 0.1) is 12.1 Å². The highest BCUT2D eigenvalue weighted by Gasteiger charge is 2.33. The Labute approximate surface area is 116 Å². The summed E-state index contributed by atoms with van der Waals surface area (Å²) in [7, 11) is 0. The van der Waals surface area contributed by atoms with Crippen molar-refractivity contribution in [2.45, 2.75) is 36.9 Å². The van der Waals surface area contributed by atoms with E-state index in [1.807, 2.05) is 17.1 Å². The molecule has 1 saturated carbocycles. The van der Waals surface area contributed by atoms with Gasteiger partial charge in [-0.3, -0.25) is 4.79 Å². The van der Waals surface area contributed by atoms with Crippen molar-refractivity contribution in [2.24, 2.45) is 0 Å². The number of anilines is 1. The van der Waals surface area contributed by atoms with Crippen LogP contribution in [0.2, 0.25) is 0 Å². The molecule has 100 valence electrons. The van der Waals surface area contributed by atoms with Crippen LogP contribution >= 0.6 is 23.1 Å². The number of nitrogens with zero attached hydrogens (tertiary/aromatic N) is 1. The lowest BCUT2D eigenvalue weighted by Gasteiger charge is -2.26. The van der Waals surface area contributed by atoms with E-state index < -0.39 is 0 Å². The number of nitrogens with two attached hydrogens (primary N) is 1. The average Bonchev–Trinajstić information content (AvgIpc) is 2.97. The van der Waals surface area contributed by atoms with E-state index in [0.29, 0.717) is 11.6 Å². The Morgan fingerprint density at radius 2 is 2.33 bits per heavy atom. The molecular formula is C12H19N3OS2. The molecule has 0 spiro atoms. The molecular weight excluding hydrogens is 266 g/mol. The van der Waals surface area contributed by atoms with E-state index in [1.165, 1.54) is 37.0 Å². The number of carbonyl (C=O) groups excluding carboxylic acids is 1. The largest absolute Gasteiger partial charge is 0.375 e. The molecule has 2 rings (SSSR count). The molecule has 18 heavy (non-hydrogen) atoms. The Kier molecular flexibility index (Phi) is 4.50. The van der Waals surface area contributed by atoms with E-state index in [2.05, 4.69) is 16.6 Å². The molecule has 0 aliphatic heterocycles. The number of hydrogen-bond acceptors (Lipinski definition) is 5. The third-order valence-electron chi connectivity index (χ3n) is 3.47. The van der Waals surface area contributed by atoms with Crippen LogP contribution in [0.3, 0.4) is 0 Å². The Bertz CT molecular complexity index is 413. The van der Waals surface area contributed by atoms with Crippen molar-refractivity contribution in [1.82, 2.24) is 10.3 Å². The molecule has 6 heteroatoms. The van der Waals surface area contributed by atoms with Crippen LogP contribution in [0.15, 0.2) is 5.38 Å². The molecule has 0 aromatic carbocycles. The number of nitrogens with one attached hydrogen (secondary N) is 1. The Balaban J connectivity index is 1.81. The molecule has 0 bridgehead atoms. The van der Waals surface area contributed by atoms with Crippen LogP contribution in [0, 0.1) is 0 Å². The molecule has 1 amide bonds. The first kappa shape index (κ1) is 13.7. The summed E-state index contributed by atoms with van der Waals surface area (Å²) in [4.78, 5) is 15.9. The van der Waals surface area contributed by atoms with Gasteiger partial charge in [0.1, 0.15) is 0 Å². The quantitative estimate of drug-likeness (QED) is 0.869. The van der Waals surface area contributed by atoms with Crippen LogP contribution in [0.5, 0.6) is 0 Å². The van der Waals surface area contributed by atoms with E-state index in [-0.39, 0.29) is 10.7 Å². The van der Waals surface area contributed by atoms with Crippen molar-refractivity contribution in [1.29, 1.82) is 0 Å². The molecule has 0 atom stereocenters. The van der Waals surface area contributed by atoms with Crippen molar-refractivity contribution in [3.63, 3.8) is 0 Å². The molecule has 1 aliphatic carbocycles. The lowest BCUT2D eigenvalue weighted by Crippen LogP contribution is -2.39. The minimum Gasteiger partial charge on any atom is -0.375 e. The van der Waals surface area contributed by atoms with Crippen LogP contribution < -0.4 is 11.1 Å². The van der Waals surface area contributed by atoms with Crippen molar-refractivity contribution in [2.75, 3.05) is 18.5 Å². The summed E-state index contributed by atoms with van der Waals surface area (Å²) in [6, 6.07) is 0. The standard InChI is InChI=1S/C12H19N3OS2/c1-17-12(4-2-3-5-12)8-14-10(16)6-9-7-18-11(13)15-9/h7H,2-6,8H2,1H3,(H2,13,15)(H,14,16). The van der Waals surface area contributed by atoms with E-state index in [4.69, 9.17) is 5.73 Å². The van der Waals surface area contributed by atoms with Gasteiger partial charge >= 0.3 is 0 Å². The maximum Gasteiger partial charge on any atom is 0.226 e. The highest BCUT2D eigenvalue weighted by atomic mass is 32.2. The van der Waals surface area contributed by atoms with Gasteiger partial charge < -0.3 is 11.1 Å². The smallest absolute Gasteiger partial charge is 0.226 e. The maximum atomic E-state index is 11.8. The van der Waals surface area contributed by atoms with Gasteiger partial charge in [0, 0.05) is 16.7 Å². The van der Waals surface area contributed by atoms with Crippen LogP contribution in [-0.2, 0) is 11.2 Å². The van der Waals surface area contributed by atoms with Gasteiger partial charge in [-0.05, 0) is 19.1 Å². The zero-order valence-corrected chi connectivity index (χ0v) is 12.2. The summed E-state index contributed by atoms with van der Waals surface area (Å²) in [5.41, 5.74) is 6.31. The van der Waals surface area contributed by atoms with Gasteiger partial charge in [-0.15, -0.1) is 11.3 Å². The van der Waals surface area contributed by atoms with Gasteiger partial charge in [0.2, 0.25) is 5.91 Å². The number of rotatable bonds is 5. The minimum atomic E-state index is 0.0422. The maximum absolute atomic E-state index is 11.8. The van der Waals surface area contributed by atoms with Crippen LogP contribution in [0.4, 0.5) is 5.13 Å². The molecule has 0 saturated heterocycles. The topological polar surface area (TPSA) is 68.0 Å². The summed E-state index contributed by atoms with van der Waals surface area (Å²) in [6.45, 7) is 0.770. The second-order valence-corrected chi connectivity index (χ2v) is 6.89. The fourth-order valence-electron chi connectivity index (χ4n) is 2.36. The Morgan fingerprint density at radius 1 is 1.61 bits per heavy atom. The number of nitrogen functional groups attached to an aromatic ring is 1. The first-order chi connectivity index (χ1) is 8.63. The van der Waals surface area contributed by atoms with Gasteiger partial charge in [-0.25, -0.2) is 4.98 Å². The molecule has 1 heterocycles. The number of thioether (sulfide) groups is 1. The molecule has 1 aromatic heterocycles. The number of carbonyl (C=O) groups is 1. The van der Waals surface area contributed by atoms with E-state index in [9.17, 15) is 4.79 Å². The third kappa shape index (κ3) is 3.38.